The number of rotatable bonds is 1. The fourth-order valence-electron chi connectivity index (χ4n) is 1.87. The smallest absolute Gasteiger partial charge is 0.331 e. The Bertz CT molecular complexity index is 727. The van der Waals surface area contributed by atoms with E-state index in [1.165, 1.54) is 0 Å². The van der Waals surface area contributed by atoms with Crippen molar-refractivity contribution in [3.05, 3.63) is 53.2 Å². The van der Waals surface area contributed by atoms with E-state index >= 15 is 0 Å². The maximum absolute atomic E-state index is 11.9. The molecule has 1 aromatic carbocycles. The summed E-state index contributed by atoms with van der Waals surface area (Å²) in [5.41, 5.74) is 8.47. The van der Waals surface area contributed by atoms with E-state index in [4.69, 9.17) is 5.73 Å². The fraction of sp³-hybridized carbons (Fsp3) is 0. The van der Waals surface area contributed by atoms with Crippen LogP contribution in [0.15, 0.2) is 47.5 Å². The normalized spacial score (nSPS) is 10.8. The van der Waals surface area contributed by atoms with E-state index in [0.29, 0.717) is 5.69 Å². The quantitative estimate of drug-likeness (QED) is 0.614. The van der Waals surface area contributed by atoms with Gasteiger partial charge in [0.1, 0.15) is 0 Å². The highest BCUT2D eigenvalue weighted by Gasteiger charge is 2.08. The van der Waals surface area contributed by atoms with Gasteiger partial charge in [0.05, 0.1) is 16.7 Å². The molecule has 0 amide bonds. The molecule has 2 aromatic heterocycles. The van der Waals surface area contributed by atoms with Crippen LogP contribution in [-0.4, -0.2) is 14.5 Å². The summed E-state index contributed by atoms with van der Waals surface area (Å²) < 4.78 is 1.58. The molecule has 0 aliphatic rings. The molecule has 84 valence electrons. The molecule has 0 aliphatic heterocycles. The summed E-state index contributed by atoms with van der Waals surface area (Å²) in [7, 11) is 0. The number of benzene rings is 1. The Labute approximate surface area is 96.5 Å². The Morgan fingerprint density at radius 3 is 2.71 bits per heavy atom. The number of nitrogens with one attached hydrogen (secondary N) is 1. The summed E-state index contributed by atoms with van der Waals surface area (Å²) in [4.78, 5) is 18.6. The highest BCUT2D eigenvalue weighted by atomic mass is 16.1. The third kappa shape index (κ3) is 1.48. The zero-order chi connectivity index (χ0) is 11.8. The van der Waals surface area contributed by atoms with Crippen LogP contribution in [-0.2, 0) is 0 Å². The van der Waals surface area contributed by atoms with Crippen LogP contribution in [0.1, 0.15) is 0 Å². The molecule has 0 aliphatic carbocycles. The maximum atomic E-state index is 11.9. The van der Waals surface area contributed by atoms with Gasteiger partial charge in [-0.2, -0.15) is 0 Å². The van der Waals surface area contributed by atoms with Gasteiger partial charge in [-0.25, -0.2) is 4.79 Å². The van der Waals surface area contributed by atoms with Gasteiger partial charge in [-0.1, -0.05) is 0 Å². The molecule has 0 unspecified atom stereocenters. The topological polar surface area (TPSA) is 76.7 Å². The summed E-state index contributed by atoms with van der Waals surface area (Å²) in [5.74, 6) is 0. The molecule has 0 atom stereocenters. The summed E-state index contributed by atoms with van der Waals surface area (Å²) in [6, 6.07) is 8.88. The zero-order valence-corrected chi connectivity index (χ0v) is 8.92. The first-order valence-electron chi connectivity index (χ1n) is 5.16. The van der Waals surface area contributed by atoms with E-state index in [1.54, 1.807) is 47.3 Å². The Balaban J connectivity index is 2.40. The Hall–Kier alpha value is -2.56. The van der Waals surface area contributed by atoms with Crippen LogP contribution >= 0.6 is 0 Å². The molecule has 0 saturated heterocycles. The van der Waals surface area contributed by atoms with E-state index in [2.05, 4.69) is 9.97 Å². The van der Waals surface area contributed by atoms with Crippen molar-refractivity contribution in [3.8, 4) is 5.69 Å². The average molecular weight is 226 g/mol. The molecule has 3 rings (SSSR count). The number of nitrogens with zero attached hydrogens (tertiary/aromatic N) is 2. The van der Waals surface area contributed by atoms with Gasteiger partial charge in [-0.05, 0) is 30.3 Å². The van der Waals surface area contributed by atoms with Crippen molar-refractivity contribution >= 4 is 16.7 Å². The van der Waals surface area contributed by atoms with Gasteiger partial charge in [0.2, 0.25) is 0 Å². The standard InChI is InChI=1S/C12H10N4O/c13-8-1-2-10-11(7-8)16(12(17)15-10)9-3-5-14-6-4-9/h1-7H,13H2,(H,15,17). The van der Waals surface area contributed by atoms with Crippen LogP contribution in [0.4, 0.5) is 5.69 Å². The van der Waals surface area contributed by atoms with Gasteiger partial charge in [0, 0.05) is 18.1 Å². The Morgan fingerprint density at radius 1 is 1.18 bits per heavy atom. The molecule has 3 N–H and O–H groups in total. The van der Waals surface area contributed by atoms with E-state index in [1.807, 2.05) is 0 Å². The third-order valence-corrected chi connectivity index (χ3v) is 2.63. The summed E-state index contributed by atoms with van der Waals surface area (Å²) >= 11 is 0. The highest BCUT2D eigenvalue weighted by molar-refractivity contribution is 5.80. The molecule has 2 heterocycles. The number of hydrogen-bond donors (Lipinski definition) is 2. The molecule has 0 saturated carbocycles. The lowest BCUT2D eigenvalue weighted by Gasteiger charge is -2.02. The van der Waals surface area contributed by atoms with Crippen LogP contribution in [0.25, 0.3) is 16.7 Å². The van der Waals surface area contributed by atoms with E-state index in [-0.39, 0.29) is 5.69 Å². The number of aromatic amines is 1. The van der Waals surface area contributed by atoms with Gasteiger partial charge in [-0.3, -0.25) is 9.55 Å². The van der Waals surface area contributed by atoms with Crippen LogP contribution < -0.4 is 11.4 Å². The van der Waals surface area contributed by atoms with Crippen LogP contribution in [0, 0.1) is 0 Å². The van der Waals surface area contributed by atoms with Crippen LogP contribution in [0.2, 0.25) is 0 Å². The second-order valence-electron chi connectivity index (χ2n) is 3.75. The van der Waals surface area contributed by atoms with Gasteiger partial charge >= 0.3 is 5.69 Å². The SMILES string of the molecule is Nc1ccc2[nH]c(=O)n(-c3ccncc3)c2c1. The zero-order valence-electron chi connectivity index (χ0n) is 8.92. The largest absolute Gasteiger partial charge is 0.399 e. The van der Waals surface area contributed by atoms with Crippen molar-refractivity contribution in [1.82, 2.24) is 14.5 Å². The first-order valence-corrected chi connectivity index (χ1v) is 5.16. The third-order valence-electron chi connectivity index (χ3n) is 2.63. The monoisotopic (exact) mass is 226 g/mol. The summed E-state index contributed by atoms with van der Waals surface area (Å²) in [6.07, 6.45) is 3.29. The maximum Gasteiger partial charge on any atom is 0.331 e. The first-order chi connectivity index (χ1) is 8.25. The van der Waals surface area contributed by atoms with Crippen LogP contribution in [0.3, 0.4) is 0 Å². The Kier molecular flexibility index (Phi) is 1.98. The first kappa shape index (κ1) is 9.65. The van der Waals surface area contributed by atoms with Crippen molar-refractivity contribution in [2.45, 2.75) is 0 Å². The van der Waals surface area contributed by atoms with Crippen molar-refractivity contribution in [3.63, 3.8) is 0 Å². The molecule has 5 heteroatoms. The van der Waals surface area contributed by atoms with Gasteiger partial charge in [-0.15, -0.1) is 0 Å². The minimum Gasteiger partial charge on any atom is -0.399 e. The van der Waals surface area contributed by atoms with Gasteiger partial charge < -0.3 is 10.7 Å². The molecule has 0 bridgehead atoms. The number of anilines is 1. The van der Waals surface area contributed by atoms with Gasteiger partial charge in [0.15, 0.2) is 0 Å². The van der Waals surface area contributed by atoms with Crippen molar-refractivity contribution in [1.29, 1.82) is 0 Å². The molecule has 3 aromatic rings. The molecule has 0 radical (unpaired) electrons. The number of pyridine rings is 1. The highest BCUT2D eigenvalue weighted by Crippen LogP contribution is 2.17. The lowest BCUT2D eigenvalue weighted by molar-refractivity contribution is 1.01. The number of nitrogen functional groups attached to an aromatic ring is 1. The number of imidazole rings is 1. The molecule has 0 fully saturated rings. The number of aromatic nitrogens is 3. The molecule has 0 spiro atoms. The summed E-state index contributed by atoms with van der Waals surface area (Å²) in [5, 5.41) is 0. The Morgan fingerprint density at radius 2 is 1.94 bits per heavy atom. The second kappa shape index (κ2) is 3.48. The predicted molar refractivity (Wildman–Crippen MR) is 66.1 cm³/mol. The molecular weight excluding hydrogens is 216 g/mol. The average Bonchev–Trinajstić information content (AvgIpc) is 2.65. The number of nitrogens with two attached hydrogens (primary N) is 1. The molecule has 17 heavy (non-hydrogen) atoms. The second-order valence-corrected chi connectivity index (χ2v) is 3.75. The van der Waals surface area contributed by atoms with E-state index < -0.39 is 0 Å². The molecular formula is C12H10N4O. The number of H-pyrrole nitrogens is 1. The lowest BCUT2D eigenvalue weighted by atomic mass is 10.2. The van der Waals surface area contributed by atoms with E-state index in [9.17, 15) is 4.79 Å². The summed E-state index contributed by atoms with van der Waals surface area (Å²) in [6.45, 7) is 0. The van der Waals surface area contributed by atoms with Crippen LogP contribution in [0.5, 0.6) is 0 Å². The minimum absolute atomic E-state index is 0.184. The number of hydrogen-bond acceptors (Lipinski definition) is 3. The lowest BCUT2D eigenvalue weighted by Crippen LogP contribution is -2.14. The molecule has 5 nitrogen and oxygen atoms in total. The van der Waals surface area contributed by atoms with Crippen molar-refractivity contribution in [2.75, 3.05) is 5.73 Å². The number of fused-ring (bicyclic) bond motifs is 1. The van der Waals surface area contributed by atoms with Crippen molar-refractivity contribution in [2.24, 2.45) is 0 Å². The fourth-order valence-corrected chi connectivity index (χ4v) is 1.87. The van der Waals surface area contributed by atoms with Crippen molar-refractivity contribution < 1.29 is 0 Å². The predicted octanol–water partition coefficient (Wildman–Crippen LogP) is 1.30. The minimum atomic E-state index is -0.184. The van der Waals surface area contributed by atoms with E-state index in [0.717, 1.165) is 16.7 Å². The van der Waals surface area contributed by atoms with Gasteiger partial charge in [0.25, 0.3) is 0 Å².